The van der Waals surface area contributed by atoms with Crippen LogP contribution in [0.2, 0.25) is 0 Å². The molecule has 0 bridgehead atoms. The summed E-state index contributed by atoms with van der Waals surface area (Å²) in [5.41, 5.74) is 0. The number of rotatable bonds is 37. The van der Waals surface area contributed by atoms with Gasteiger partial charge in [-0.1, -0.05) is 141 Å². The van der Waals surface area contributed by atoms with Gasteiger partial charge >= 0.3 is 19.5 Å². The Morgan fingerprint density at radius 2 is 0.918 bits per heavy atom. The molecule has 1 unspecified atom stereocenters. The zero-order valence-electron chi connectivity index (χ0n) is 31.6. The first-order valence-corrected chi connectivity index (χ1v) is 21.8. The van der Waals surface area contributed by atoms with Gasteiger partial charge in [-0.2, -0.15) is 0 Å². The first-order valence-electron chi connectivity index (χ1n) is 20.1. The zero-order valence-corrected chi connectivity index (χ0v) is 32.5. The Kier molecular flexibility index (Phi) is 35.2. The summed E-state index contributed by atoms with van der Waals surface area (Å²) in [6.07, 6.45) is 38.1. The molecule has 0 amide bonds. The van der Waals surface area contributed by atoms with Crippen LogP contribution in [-0.2, 0) is 28.2 Å². The van der Waals surface area contributed by atoms with E-state index in [9.17, 15) is 19.0 Å². The lowest BCUT2D eigenvalue weighted by Crippen LogP contribution is -2.29. The minimum Gasteiger partial charge on any atom is -0.462 e. The van der Waals surface area contributed by atoms with Gasteiger partial charge in [-0.25, -0.2) is 0 Å². The van der Waals surface area contributed by atoms with Crippen molar-refractivity contribution in [3.8, 4) is 0 Å². The van der Waals surface area contributed by atoms with Gasteiger partial charge < -0.3 is 24.0 Å². The van der Waals surface area contributed by atoms with Crippen molar-refractivity contribution in [1.29, 1.82) is 0 Å². The van der Waals surface area contributed by atoms with E-state index < -0.39 is 38.6 Å². The molecule has 0 radical (unpaired) electrons. The molecule has 0 aromatic carbocycles. The van der Waals surface area contributed by atoms with E-state index in [0.29, 0.717) is 6.42 Å². The van der Waals surface area contributed by atoms with Crippen LogP contribution in [0.3, 0.4) is 0 Å². The number of ether oxygens (including phenoxy) is 2. The minimum atomic E-state index is -4.20. The molecular formula is C40H75O8P. The van der Waals surface area contributed by atoms with E-state index in [0.717, 1.165) is 70.6 Å². The Morgan fingerprint density at radius 1 is 0.551 bits per heavy atom. The second-order valence-electron chi connectivity index (χ2n) is 13.5. The molecule has 0 heterocycles. The molecule has 288 valence electrons. The van der Waals surface area contributed by atoms with Crippen molar-refractivity contribution < 1.29 is 38.2 Å². The van der Waals surface area contributed by atoms with Crippen molar-refractivity contribution in [3.63, 3.8) is 0 Å². The van der Waals surface area contributed by atoms with Crippen LogP contribution in [0.25, 0.3) is 0 Å². The Labute approximate surface area is 300 Å². The fourth-order valence-electron chi connectivity index (χ4n) is 5.54. The smallest absolute Gasteiger partial charge is 0.353 e. The molecule has 2 atom stereocenters. The molecule has 8 nitrogen and oxygen atoms in total. The molecule has 0 fully saturated rings. The Morgan fingerprint density at radius 3 is 1.33 bits per heavy atom. The number of allylic oxidation sites excluding steroid dienone is 4. The maximum atomic E-state index is 12.4. The van der Waals surface area contributed by atoms with Crippen LogP contribution < -0.4 is 0 Å². The van der Waals surface area contributed by atoms with Crippen molar-refractivity contribution in [2.75, 3.05) is 19.6 Å². The van der Waals surface area contributed by atoms with Crippen LogP contribution in [0.1, 0.15) is 194 Å². The highest BCUT2D eigenvalue weighted by Gasteiger charge is 2.24. The van der Waals surface area contributed by atoms with Crippen LogP contribution in [-0.4, -0.2) is 47.6 Å². The first-order chi connectivity index (χ1) is 23.8. The van der Waals surface area contributed by atoms with E-state index in [-0.39, 0.29) is 19.4 Å². The van der Waals surface area contributed by atoms with Crippen molar-refractivity contribution >= 4 is 19.5 Å². The third kappa shape index (κ3) is 36.1. The van der Waals surface area contributed by atoms with E-state index in [1.807, 2.05) is 0 Å². The summed E-state index contributed by atoms with van der Waals surface area (Å²) >= 11 is 0. The van der Waals surface area contributed by atoms with Crippen LogP contribution >= 0.6 is 7.60 Å². The predicted octanol–water partition coefficient (Wildman–Crippen LogP) is 11.7. The van der Waals surface area contributed by atoms with Gasteiger partial charge in [-0.15, -0.1) is 0 Å². The maximum Gasteiger partial charge on any atom is 0.353 e. The van der Waals surface area contributed by atoms with Crippen LogP contribution in [0.4, 0.5) is 0 Å². The molecule has 2 N–H and O–H groups in total. The summed E-state index contributed by atoms with van der Waals surface area (Å²) in [4.78, 5) is 34.3. The number of carbonyl (C=O) groups excluding carboxylic acids is 2. The lowest BCUT2D eigenvalue weighted by Gasteiger charge is -2.19. The highest BCUT2D eigenvalue weighted by atomic mass is 31.2. The maximum absolute atomic E-state index is 12.4. The molecule has 0 aliphatic rings. The zero-order chi connectivity index (χ0) is 36.1. The van der Waals surface area contributed by atoms with Gasteiger partial charge in [0.05, 0.1) is 6.61 Å². The first kappa shape index (κ1) is 47.5. The van der Waals surface area contributed by atoms with Gasteiger partial charge in [-0.3, -0.25) is 14.2 Å². The monoisotopic (exact) mass is 715 g/mol. The second kappa shape index (κ2) is 36.3. The highest BCUT2D eigenvalue weighted by Crippen LogP contribution is 2.40. The largest absolute Gasteiger partial charge is 0.462 e. The molecule has 0 aromatic rings. The normalized spacial score (nSPS) is 13.6. The van der Waals surface area contributed by atoms with Gasteiger partial charge in [0.25, 0.3) is 0 Å². The third-order valence-electron chi connectivity index (χ3n) is 8.65. The molecule has 0 saturated carbocycles. The molecule has 0 aromatic heterocycles. The second-order valence-corrected chi connectivity index (χ2v) is 15.4. The molecule has 0 rings (SSSR count). The quantitative estimate of drug-likeness (QED) is 0.0282. The Balaban J connectivity index is 4.05. The standard InChI is InChI=1S/C40H75O8P/c1-3-5-7-9-11-13-15-17-19-21-23-25-27-29-31-33-39(42)46-35-38(36-47-49(44,45)37-41)48-40(43)34-32-30-28-26-24-22-20-18-16-14-12-10-8-6-4-2/h17-20,38,41H,3-16,21-37H2,1-2H3,(H,44,45)/b19-17-,20-18-/t38-/m1/s1. The van der Waals surface area contributed by atoms with Crippen molar-refractivity contribution in [1.82, 2.24) is 0 Å². The van der Waals surface area contributed by atoms with Crippen molar-refractivity contribution in [2.24, 2.45) is 0 Å². The summed E-state index contributed by atoms with van der Waals surface area (Å²) < 4.78 is 27.3. The topological polar surface area (TPSA) is 119 Å². The van der Waals surface area contributed by atoms with Crippen LogP contribution in [0.5, 0.6) is 0 Å². The fourth-order valence-corrected chi connectivity index (χ4v) is 6.02. The third-order valence-corrected chi connectivity index (χ3v) is 9.56. The minimum absolute atomic E-state index is 0.217. The molecule has 0 aliphatic heterocycles. The summed E-state index contributed by atoms with van der Waals surface area (Å²) in [6, 6.07) is 0. The number of hydrogen-bond donors (Lipinski definition) is 2. The van der Waals surface area contributed by atoms with E-state index in [2.05, 4.69) is 38.2 Å². The van der Waals surface area contributed by atoms with Crippen LogP contribution in [0, 0.1) is 0 Å². The number of unbranched alkanes of at least 4 members (excludes halogenated alkanes) is 22. The van der Waals surface area contributed by atoms with E-state index >= 15 is 0 Å². The summed E-state index contributed by atoms with van der Waals surface area (Å²) in [6.45, 7) is 3.80. The van der Waals surface area contributed by atoms with E-state index in [4.69, 9.17) is 19.1 Å². The molecule has 9 heteroatoms. The molecule has 0 saturated heterocycles. The predicted molar refractivity (Wildman–Crippen MR) is 203 cm³/mol. The van der Waals surface area contributed by atoms with Gasteiger partial charge in [0.15, 0.2) is 6.10 Å². The van der Waals surface area contributed by atoms with Crippen LogP contribution in [0.15, 0.2) is 24.3 Å². The molecule has 0 spiro atoms. The van der Waals surface area contributed by atoms with Gasteiger partial charge in [-0.05, 0) is 64.2 Å². The lowest BCUT2D eigenvalue weighted by molar-refractivity contribution is -0.161. The highest BCUT2D eigenvalue weighted by molar-refractivity contribution is 7.52. The van der Waals surface area contributed by atoms with Crippen molar-refractivity contribution in [2.45, 2.75) is 200 Å². The van der Waals surface area contributed by atoms with E-state index in [1.54, 1.807) is 0 Å². The summed E-state index contributed by atoms with van der Waals surface area (Å²) in [5, 5.41) is 9.03. The van der Waals surface area contributed by atoms with E-state index in [1.165, 1.54) is 89.9 Å². The number of aliphatic hydroxyl groups excluding tert-OH is 1. The number of hydrogen-bond acceptors (Lipinski definition) is 7. The number of carbonyl (C=O) groups is 2. The SMILES string of the molecule is CCCCCCCC/C=C\CCCCCCCC(=O)OC[C@H](COP(=O)(O)CO)OC(=O)CCCCCCC/C=C\CCCCCCCC. The average Bonchev–Trinajstić information content (AvgIpc) is 3.09. The fraction of sp³-hybridized carbons (Fsp3) is 0.850. The van der Waals surface area contributed by atoms with Crippen molar-refractivity contribution in [3.05, 3.63) is 24.3 Å². The molecular weight excluding hydrogens is 639 g/mol. The Bertz CT molecular complexity index is 859. The lowest BCUT2D eigenvalue weighted by atomic mass is 10.1. The van der Waals surface area contributed by atoms with Gasteiger partial charge in [0.2, 0.25) is 0 Å². The number of aliphatic hydroxyl groups is 1. The average molecular weight is 715 g/mol. The van der Waals surface area contributed by atoms with Gasteiger partial charge in [0, 0.05) is 12.8 Å². The molecule has 0 aliphatic carbocycles. The molecule has 49 heavy (non-hydrogen) atoms. The summed E-state index contributed by atoms with van der Waals surface area (Å²) in [5.74, 6) is -0.860. The summed E-state index contributed by atoms with van der Waals surface area (Å²) in [7, 11) is -4.20. The Hall–Kier alpha value is -1.47. The number of esters is 2. The van der Waals surface area contributed by atoms with Gasteiger partial charge in [0.1, 0.15) is 13.0 Å².